The van der Waals surface area contributed by atoms with Crippen molar-refractivity contribution >= 4 is 29.3 Å². The minimum atomic E-state index is -1.07. The Balaban J connectivity index is 1.91. The zero-order valence-corrected chi connectivity index (χ0v) is 12.0. The molecule has 0 saturated carbocycles. The first kappa shape index (κ1) is 15.5. The maximum absolute atomic E-state index is 13.6. The quantitative estimate of drug-likeness (QED) is 0.892. The van der Waals surface area contributed by atoms with E-state index in [1.807, 2.05) is 0 Å². The monoisotopic (exact) mass is 316 g/mol. The van der Waals surface area contributed by atoms with Crippen molar-refractivity contribution in [2.75, 3.05) is 25.0 Å². The van der Waals surface area contributed by atoms with Crippen LogP contribution in [-0.4, -0.2) is 47.3 Å². The molecule has 0 aliphatic carbocycles. The van der Waals surface area contributed by atoms with Crippen molar-refractivity contribution in [1.82, 2.24) is 4.90 Å². The summed E-state index contributed by atoms with van der Waals surface area (Å²) in [7, 11) is 0. The van der Waals surface area contributed by atoms with Crippen molar-refractivity contribution in [1.29, 1.82) is 0 Å². The molecule has 21 heavy (non-hydrogen) atoms. The second-order valence-corrected chi connectivity index (χ2v) is 5.42. The molecular formula is C13H14ClFN2O4. The second-order valence-electron chi connectivity index (χ2n) is 5.02. The summed E-state index contributed by atoms with van der Waals surface area (Å²) in [5.74, 6) is -1.70. The number of halogens is 2. The number of hydrogen-bond acceptors (Lipinski definition) is 3. The number of nitrogens with zero attached hydrogens (tertiary/aromatic N) is 1. The first-order valence-corrected chi connectivity index (χ1v) is 6.54. The third-order valence-electron chi connectivity index (χ3n) is 3.08. The molecule has 1 heterocycles. The van der Waals surface area contributed by atoms with E-state index in [0.29, 0.717) is 0 Å². The summed E-state index contributed by atoms with van der Waals surface area (Å²) in [5.41, 5.74) is -0.779. The number of nitrogens with one attached hydrogen (secondary N) is 1. The van der Waals surface area contributed by atoms with Gasteiger partial charge in [-0.05, 0) is 19.1 Å². The maximum Gasteiger partial charge on any atom is 0.329 e. The van der Waals surface area contributed by atoms with Gasteiger partial charge < -0.3 is 20.1 Å². The van der Waals surface area contributed by atoms with Gasteiger partial charge in [-0.1, -0.05) is 17.7 Å². The summed E-state index contributed by atoms with van der Waals surface area (Å²) in [6, 6.07) is 3.58. The van der Waals surface area contributed by atoms with Crippen LogP contribution in [-0.2, 0) is 9.53 Å². The molecule has 0 bridgehead atoms. The van der Waals surface area contributed by atoms with E-state index < -0.39 is 30.0 Å². The van der Waals surface area contributed by atoms with Crippen LogP contribution in [0.2, 0.25) is 5.02 Å². The van der Waals surface area contributed by atoms with Crippen molar-refractivity contribution in [3.05, 3.63) is 29.0 Å². The Kier molecular flexibility index (Phi) is 4.34. The van der Waals surface area contributed by atoms with Crippen molar-refractivity contribution in [3.63, 3.8) is 0 Å². The molecule has 0 aromatic heterocycles. The predicted octanol–water partition coefficient (Wildman–Crippen LogP) is 2.19. The number of hydrogen-bond donors (Lipinski definition) is 2. The topological polar surface area (TPSA) is 78.9 Å². The maximum atomic E-state index is 13.6. The number of carboxylic acids is 1. The highest BCUT2D eigenvalue weighted by Crippen LogP contribution is 2.28. The molecule has 0 atom stereocenters. The van der Waals surface area contributed by atoms with Crippen LogP contribution in [0, 0.1) is 5.82 Å². The van der Waals surface area contributed by atoms with Crippen LogP contribution in [0.15, 0.2) is 18.2 Å². The Hall–Kier alpha value is -1.86. The normalized spacial score (nSPS) is 16.2. The fraction of sp³-hybridized carbons (Fsp3) is 0.385. The zero-order valence-electron chi connectivity index (χ0n) is 11.2. The predicted molar refractivity (Wildman–Crippen MR) is 74.0 cm³/mol. The van der Waals surface area contributed by atoms with E-state index in [0.717, 1.165) is 0 Å². The Morgan fingerprint density at radius 2 is 2.19 bits per heavy atom. The van der Waals surface area contributed by atoms with Gasteiger partial charge in [0.15, 0.2) is 0 Å². The number of carbonyl (C=O) groups excluding carboxylic acids is 1. The van der Waals surface area contributed by atoms with Gasteiger partial charge in [-0.2, -0.15) is 0 Å². The summed E-state index contributed by atoms with van der Waals surface area (Å²) in [6.07, 6.45) is 0. The van der Waals surface area contributed by atoms with E-state index in [4.69, 9.17) is 21.4 Å². The summed E-state index contributed by atoms with van der Waals surface area (Å²) >= 11 is 5.82. The van der Waals surface area contributed by atoms with E-state index in [9.17, 15) is 14.0 Å². The molecule has 114 valence electrons. The molecule has 1 aromatic carbocycles. The standard InChI is InChI=1S/C13H14ClFN2O4/c1-13(21-5-10(18)19)6-17(7-13)12(20)16-11-8(14)3-2-4-9(11)15/h2-4H,5-7H2,1H3,(H,16,20)(H,18,19). The number of aliphatic carboxylic acids is 1. The number of benzene rings is 1. The van der Waals surface area contributed by atoms with Crippen LogP contribution in [0.5, 0.6) is 0 Å². The van der Waals surface area contributed by atoms with Gasteiger partial charge >= 0.3 is 12.0 Å². The Labute approximate surface area is 125 Å². The number of rotatable bonds is 4. The van der Waals surface area contributed by atoms with E-state index in [2.05, 4.69) is 5.32 Å². The number of likely N-dealkylation sites (tertiary alicyclic amines) is 1. The molecule has 6 nitrogen and oxygen atoms in total. The largest absolute Gasteiger partial charge is 0.480 e. The molecule has 1 fully saturated rings. The summed E-state index contributed by atoms with van der Waals surface area (Å²) in [6.45, 7) is 1.72. The van der Waals surface area contributed by atoms with Crippen molar-refractivity contribution in [2.24, 2.45) is 0 Å². The third-order valence-corrected chi connectivity index (χ3v) is 3.39. The van der Waals surface area contributed by atoms with Crippen LogP contribution in [0.4, 0.5) is 14.9 Å². The molecule has 1 aromatic rings. The number of ether oxygens (including phenoxy) is 1. The Bertz CT molecular complexity index is 555. The van der Waals surface area contributed by atoms with Crippen LogP contribution >= 0.6 is 11.6 Å². The van der Waals surface area contributed by atoms with E-state index >= 15 is 0 Å². The zero-order chi connectivity index (χ0) is 15.6. The molecular weight excluding hydrogens is 303 g/mol. The lowest BCUT2D eigenvalue weighted by Gasteiger charge is -2.46. The molecule has 2 N–H and O–H groups in total. The first-order chi connectivity index (χ1) is 9.81. The van der Waals surface area contributed by atoms with Crippen molar-refractivity contribution in [3.8, 4) is 0 Å². The SMILES string of the molecule is CC1(OCC(=O)O)CN(C(=O)Nc2c(F)cccc2Cl)C1. The summed E-state index contributed by atoms with van der Waals surface area (Å²) in [5, 5.41) is 11.0. The molecule has 0 unspecified atom stereocenters. The molecule has 2 amide bonds. The van der Waals surface area contributed by atoms with Crippen LogP contribution in [0.3, 0.4) is 0 Å². The average molecular weight is 317 g/mol. The molecule has 0 spiro atoms. The molecule has 1 aliphatic heterocycles. The summed E-state index contributed by atoms with van der Waals surface area (Å²) < 4.78 is 18.7. The molecule has 2 rings (SSSR count). The first-order valence-electron chi connectivity index (χ1n) is 6.16. The highest BCUT2D eigenvalue weighted by Gasteiger charge is 2.43. The lowest BCUT2D eigenvalue weighted by Crippen LogP contribution is -2.64. The van der Waals surface area contributed by atoms with E-state index in [1.165, 1.54) is 23.1 Å². The van der Waals surface area contributed by atoms with Crippen molar-refractivity contribution < 1.29 is 23.8 Å². The van der Waals surface area contributed by atoms with Gasteiger partial charge in [0.2, 0.25) is 0 Å². The van der Waals surface area contributed by atoms with Gasteiger partial charge in [-0.3, -0.25) is 0 Å². The minimum absolute atomic E-state index is 0.0794. The minimum Gasteiger partial charge on any atom is -0.480 e. The highest BCUT2D eigenvalue weighted by molar-refractivity contribution is 6.33. The fourth-order valence-corrected chi connectivity index (χ4v) is 2.25. The van der Waals surface area contributed by atoms with E-state index in [-0.39, 0.29) is 23.8 Å². The molecule has 1 aliphatic rings. The summed E-state index contributed by atoms with van der Waals surface area (Å²) in [4.78, 5) is 23.8. The average Bonchev–Trinajstić information content (AvgIpc) is 2.37. The lowest BCUT2D eigenvalue weighted by molar-refractivity contribution is -0.159. The number of carbonyl (C=O) groups is 2. The number of amides is 2. The van der Waals surface area contributed by atoms with Crippen LogP contribution in [0.25, 0.3) is 0 Å². The van der Waals surface area contributed by atoms with Gasteiger partial charge in [0.1, 0.15) is 18.0 Å². The highest BCUT2D eigenvalue weighted by atomic mass is 35.5. The number of urea groups is 1. The Morgan fingerprint density at radius 3 is 2.76 bits per heavy atom. The van der Waals surface area contributed by atoms with Crippen molar-refractivity contribution in [2.45, 2.75) is 12.5 Å². The Morgan fingerprint density at radius 1 is 1.52 bits per heavy atom. The number of anilines is 1. The smallest absolute Gasteiger partial charge is 0.329 e. The van der Waals surface area contributed by atoms with Gasteiger partial charge in [-0.25, -0.2) is 14.0 Å². The molecule has 8 heteroatoms. The van der Waals surface area contributed by atoms with Gasteiger partial charge in [0.25, 0.3) is 0 Å². The number of carboxylic acid groups (broad SMARTS) is 1. The second kappa shape index (κ2) is 5.87. The fourth-order valence-electron chi connectivity index (χ4n) is 2.04. The van der Waals surface area contributed by atoms with Gasteiger partial charge in [0.05, 0.1) is 23.8 Å². The third kappa shape index (κ3) is 3.62. The van der Waals surface area contributed by atoms with Crippen LogP contribution < -0.4 is 5.32 Å². The van der Waals surface area contributed by atoms with Gasteiger partial charge in [0, 0.05) is 0 Å². The molecule has 1 saturated heterocycles. The lowest BCUT2D eigenvalue weighted by atomic mass is 9.97. The van der Waals surface area contributed by atoms with Crippen LogP contribution in [0.1, 0.15) is 6.92 Å². The van der Waals surface area contributed by atoms with E-state index in [1.54, 1.807) is 6.92 Å². The van der Waals surface area contributed by atoms with Gasteiger partial charge in [-0.15, -0.1) is 0 Å². The molecule has 0 radical (unpaired) electrons. The number of para-hydroxylation sites is 1.